The predicted octanol–water partition coefficient (Wildman–Crippen LogP) is 1.27. The van der Waals surface area contributed by atoms with Crippen LogP contribution in [0.15, 0.2) is 0 Å². The second-order valence-corrected chi connectivity index (χ2v) is 5.50. The third-order valence-corrected chi connectivity index (χ3v) is 5.11. The Hall–Kier alpha value is -0.0800. The van der Waals surface area contributed by atoms with Crippen LogP contribution in [-0.2, 0) is 0 Å². The van der Waals surface area contributed by atoms with E-state index in [0.717, 1.165) is 23.7 Å². The molecule has 0 aromatic rings. The minimum atomic E-state index is 0.411. The van der Waals surface area contributed by atoms with Gasteiger partial charge in [0.05, 0.1) is 0 Å². The van der Waals surface area contributed by atoms with Crippen molar-refractivity contribution < 1.29 is 10.2 Å². The number of rotatable bonds is 2. The van der Waals surface area contributed by atoms with Crippen LogP contribution in [-0.4, -0.2) is 23.4 Å². The lowest BCUT2D eigenvalue weighted by Crippen LogP contribution is -1.93. The quantitative estimate of drug-likeness (QED) is 0.698. The molecule has 0 aromatic heterocycles. The van der Waals surface area contributed by atoms with E-state index in [0.29, 0.717) is 25.0 Å². The van der Waals surface area contributed by atoms with Gasteiger partial charge in [0.2, 0.25) is 0 Å². The Labute approximate surface area is 85.3 Å². The summed E-state index contributed by atoms with van der Waals surface area (Å²) in [5.74, 6) is 4.61. The fraction of sp³-hybridized carbons (Fsp3) is 1.00. The van der Waals surface area contributed by atoms with Crippen molar-refractivity contribution in [1.82, 2.24) is 0 Å². The van der Waals surface area contributed by atoms with Crippen LogP contribution in [0.1, 0.15) is 25.7 Å². The summed E-state index contributed by atoms with van der Waals surface area (Å²) >= 11 is 0. The summed E-state index contributed by atoms with van der Waals surface area (Å²) in [4.78, 5) is 0. The fourth-order valence-electron chi connectivity index (χ4n) is 4.07. The topological polar surface area (TPSA) is 40.5 Å². The molecule has 3 rings (SSSR count). The summed E-state index contributed by atoms with van der Waals surface area (Å²) in [6.45, 7) is 0.822. The zero-order valence-corrected chi connectivity index (χ0v) is 8.60. The summed E-state index contributed by atoms with van der Waals surface area (Å²) in [6.07, 6.45) is 5.25. The van der Waals surface area contributed by atoms with Gasteiger partial charge in [0.15, 0.2) is 0 Å². The molecule has 2 unspecified atom stereocenters. The highest BCUT2D eigenvalue weighted by molar-refractivity contribution is 5.04. The number of aliphatic hydroxyl groups excluding tert-OH is 2. The van der Waals surface area contributed by atoms with Crippen LogP contribution in [0.2, 0.25) is 0 Å². The first kappa shape index (κ1) is 9.17. The van der Waals surface area contributed by atoms with E-state index in [-0.39, 0.29) is 0 Å². The van der Waals surface area contributed by atoms with E-state index in [1.807, 2.05) is 0 Å². The van der Waals surface area contributed by atoms with Crippen LogP contribution >= 0.6 is 0 Å². The molecular formula is C12H20O2. The Morgan fingerprint density at radius 2 is 0.929 bits per heavy atom. The molecule has 2 heteroatoms. The van der Waals surface area contributed by atoms with E-state index in [4.69, 9.17) is 10.2 Å². The molecule has 2 nitrogen and oxygen atoms in total. The van der Waals surface area contributed by atoms with Gasteiger partial charge in [0.1, 0.15) is 0 Å². The zero-order chi connectivity index (χ0) is 9.71. The van der Waals surface area contributed by atoms with Gasteiger partial charge in [-0.05, 0) is 61.2 Å². The highest BCUT2D eigenvalue weighted by Gasteiger charge is 2.56. The van der Waals surface area contributed by atoms with E-state index in [9.17, 15) is 0 Å². The van der Waals surface area contributed by atoms with Crippen molar-refractivity contribution in [3.63, 3.8) is 0 Å². The van der Waals surface area contributed by atoms with Gasteiger partial charge in [0, 0.05) is 13.2 Å². The average molecular weight is 196 g/mol. The van der Waals surface area contributed by atoms with Gasteiger partial charge in [-0.2, -0.15) is 0 Å². The lowest BCUT2D eigenvalue weighted by Gasteiger charge is -2.04. The fourth-order valence-corrected chi connectivity index (χ4v) is 4.07. The van der Waals surface area contributed by atoms with Crippen LogP contribution in [0.3, 0.4) is 0 Å². The Balaban J connectivity index is 1.59. The summed E-state index contributed by atoms with van der Waals surface area (Å²) in [5, 5.41) is 18.3. The number of hydrogen-bond donors (Lipinski definition) is 2. The molecule has 0 aromatic carbocycles. The van der Waals surface area contributed by atoms with Crippen molar-refractivity contribution in [3.8, 4) is 0 Å². The SMILES string of the molecule is OCC1[C@H]2CC[C@H]3C(CO)[C@H]3CC[C@@H]12. The van der Waals surface area contributed by atoms with Crippen LogP contribution in [0.4, 0.5) is 0 Å². The molecule has 0 amide bonds. The van der Waals surface area contributed by atoms with Crippen molar-refractivity contribution in [2.75, 3.05) is 13.2 Å². The first-order chi connectivity index (χ1) is 6.86. The average Bonchev–Trinajstić information content (AvgIpc) is 3.01. The van der Waals surface area contributed by atoms with E-state index >= 15 is 0 Å². The molecule has 0 radical (unpaired) electrons. The summed E-state index contributed by atoms with van der Waals surface area (Å²) in [5.41, 5.74) is 0. The molecule has 80 valence electrons. The minimum Gasteiger partial charge on any atom is -0.396 e. The van der Waals surface area contributed by atoms with Crippen LogP contribution < -0.4 is 0 Å². The van der Waals surface area contributed by atoms with Crippen LogP contribution in [0.5, 0.6) is 0 Å². The third-order valence-electron chi connectivity index (χ3n) is 5.11. The smallest absolute Gasteiger partial charge is 0.0464 e. The number of fused-ring (bicyclic) bond motifs is 2. The highest BCUT2D eigenvalue weighted by atomic mass is 16.3. The largest absolute Gasteiger partial charge is 0.396 e. The maximum Gasteiger partial charge on any atom is 0.0464 e. The van der Waals surface area contributed by atoms with Gasteiger partial charge in [0.25, 0.3) is 0 Å². The van der Waals surface area contributed by atoms with Crippen LogP contribution in [0.25, 0.3) is 0 Å². The Morgan fingerprint density at radius 3 is 1.14 bits per heavy atom. The molecule has 0 heterocycles. The predicted molar refractivity (Wildman–Crippen MR) is 53.6 cm³/mol. The molecular weight excluding hydrogens is 176 g/mol. The standard InChI is InChI=1S/C12H20O2/c13-5-11-7-1-2-8-10(12(8)6-14)4-3-9(7)11/h7-14H,1-6H2/t7-,8+,9+,10-,11?,12?. The van der Waals surface area contributed by atoms with Gasteiger partial charge in [-0.3, -0.25) is 0 Å². The molecule has 3 saturated carbocycles. The van der Waals surface area contributed by atoms with Crippen molar-refractivity contribution in [1.29, 1.82) is 0 Å². The van der Waals surface area contributed by atoms with E-state index in [1.165, 1.54) is 25.7 Å². The molecule has 0 spiro atoms. The molecule has 6 atom stereocenters. The molecule has 14 heavy (non-hydrogen) atoms. The van der Waals surface area contributed by atoms with Crippen molar-refractivity contribution in [2.45, 2.75) is 25.7 Å². The third kappa shape index (κ3) is 1.24. The monoisotopic (exact) mass is 196 g/mol. The van der Waals surface area contributed by atoms with Crippen molar-refractivity contribution in [2.24, 2.45) is 35.5 Å². The summed E-state index contributed by atoms with van der Waals surface area (Å²) < 4.78 is 0. The molecule has 0 saturated heterocycles. The van der Waals surface area contributed by atoms with Gasteiger partial charge < -0.3 is 10.2 Å². The lowest BCUT2D eigenvalue weighted by atomic mass is 10.0. The Kier molecular flexibility index (Phi) is 2.10. The second kappa shape index (κ2) is 3.21. The van der Waals surface area contributed by atoms with E-state index in [1.54, 1.807) is 0 Å². The number of aliphatic hydroxyl groups is 2. The van der Waals surface area contributed by atoms with Gasteiger partial charge in [-0.15, -0.1) is 0 Å². The maximum absolute atomic E-state index is 9.16. The minimum absolute atomic E-state index is 0.411. The normalized spacial score (nSPS) is 55.3. The van der Waals surface area contributed by atoms with E-state index in [2.05, 4.69) is 0 Å². The van der Waals surface area contributed by atoms with Crippen molar-refractivity contribution in [3.05, 3.63) is 0 Å². The van der Waals surface area contributed by atoms with Gasteiger partial charge in [-0.1, -0.05) is 0 Å². The second-order valence-electron chi connectivity index (χ2n) is 5.50. The maximum atomic E-state index is 9.16. The zero-order valence-electron chi connectivity index (χ0n) is 8.60. The molecule has 0 aliphatic heterocycles. The molecule has 3 aliphatic carbocycles. The molecule has 3 aliphatic rings. The lowest BCUT2D eigenvalue weighted by molar-refractivity contribution is 0.254. The van der Waals surface area contributed by atoms with Crippen molar-refractivity contribution >= 4 is 0 Å². The molecule has 3 fully saturated rings. The molecule has 0 bridgehead atoms. The Morgan fingerprint density at radius 1 is 0.643 bits per heavy atom. The Bertz CT molecular complexity index is 184. The first-order valence-electron chi connectivity index (χ1n) is 6.08. The van der Waals surface area contributed by atoms with E-state index < -0.39 is 0 Å². The highest BCUT2D eigenvalue weighted by Crippen LogP contribution is 2.61. The summed E-state index contributed by atoms with van der Waals surface area (Å²) in [7, 11) is 0. The number of hydrogen-bond acceptors (Lipinski definition) is 2. The molecule has 2 N–H and O–H groups in total. The van der Waals surface area contributed by atoms with Gasteiger partial charge in [-0.25, -0.2) is 0 Å². The van der Waals surface area contributed by atoms with Crippen LogP contribution in [0, 0.1) is 35.5 Å². The first-order valence-corrected chi connectivity index (χ1v) is 6.08. The van der Waals surface area contributed by atoms with Gasteiger partial charge >= 0.3 is 0 Å². The summed E-state index contributed by atoms with van der Waals surface area (Å²) in [6, 6.07) is 0.